The van der Waals surface area contributed by atoms with Crippen LogP contribution in [0.3, 0.4) is 0 Å². The van der Waals surface area contributed by atoms with Crippen molar-refractivity contribution in [2.75, 3.05) is 33.7 Å². The quantitative estimate of drug-likeness (QED) is 0.220. The number of benzene rings is 1. The minimum atomic E-state index is 1.05. The summed E-state index contributed by atoms with van der Waals surface area (Å²) in [4.78, 5) is 0. The van der Waals surface area contributed by atoms with Crippen LogP contribution in [-0.2, 0) is 6.54 Å². The molecule has 0 heterocycles. The number of unbranched alkanes of at least 4 members (excludes halogenated alkanes) is 9. The first-order chi connectivity index (χ1) is 12.6. The minimum absolute atomic E-state index is 1.05. The van der Waals surface area contributed by atoms with Crippen molar-refractivity contribution in [2.24, 2.45) is 0 Å². The largest absolute Gasteiger partial charge is 0.324 e. The highest BCUT2D eigenvalue weighted by atomic mass is 28.1. The molecule has 0 saturated heterocycles. The Bertz CT molecular complexity index is 419. The summed E-state index contributed by atoms with van der Waals surface area (Å²) in [5, 5.41) is 3.64. The highest BCUT2D eigenvalue weighted by Crippen LogP contribution is 2.11. The molecule has 0 aliphatic carbocycles. The predicted molar refractivity (Wildman–Crippen MR) is 117 cm³/mol. The molecular weight excluding hydrogens is 332 g/mol. The van der Waals surface area contributed by atoms with E-state index < -0.39 is 0 Å². The Morgan fingerprint density at radius 1 is 0.731 bits per heavy atom. The van der Waals surface area contributed by atoms with Gasteiger partial charge in [0.25, 0.3) is 0 Å². The Kier molecular flexibility index (Phi) is 13.9. The van der Waals surface area contributed by atoms with E-state index in [1.54, 1.807) is 0 Å². The van der Waals surface area contributed by atoms with Gasteiger partial charge < -0.3 is 9.80 Å². The standard InChI is InChI=1S/C23H42N2Si/c1-25(2,22-23-16-12-11-13-17-23)20-19-24-18-14-9-7-5-3-4-6-8-10-15-21-26/h11-13,16-17,24H,3-10,14-15,18-22H2,1-2H3/q+1. The van der Waals surface area contributed by atoms with Crippen LogP contribution in [0.1, 0.15) is 69.8 Å². The highest BCUT2D eigenvalue weighted by Gasteiger charge is 2.14. The molecule has 1 aromatic carbocycles. The molecule has 0 spiro atoms. The molecule has 0 saturated carbocycles. The van der Waals surface area contributed by atoms with Gasteiger partial charge in [0.1, 0.15) is 6.54 Å². The summed E-state index contributed by atoms with van der Waals surface area (Å²) in [6.07, 6.45) is 14.0. The van der Waals surface area contributed by atoms with E-state index in [9.17, 15) is 0 Å². The summed E-state index contributed by atoms with van der Waals surface area (Å²) < 4.78 is 1.05. The van der Waals surface area contributed by atoms with Crippen LogP contribution in [0.5, 0.6) is 0 Å². The molecule has 1 aromatic rings. The van der Waals surface area contributed by atoms with E-state index in [-0.39, 0.29) is 0 Å². The second-order valence-corrected chi connectivity index (χ2v) is 8.84. The maximum Gasteiger partial charge on any atom is 0.104 e. The molecule has 3 radical (unpaired) electrons. The average molecular weight is 375 g/mol. The third-order valence-electron chi connectivity index (χ3n) is 5.13. The van der Waals surface area contributed by atoms with E-state index >= 15 is 0 Å². The number of hydrogen-bond donors (Lipinski definition) is 1. The van der Waals surface area contributed by atoms with Gasteiger partial charge in [-0.3, -0.25) is 0 Å². The zero-order chi connectivity index (χ0) is 18.9. The van der Waals surface area contributed by atoms with Gasteiger partial charge in [-0.25, -0.2) is 0 Å². The van der Waals surface area contributed by atoms with Gasteiger partial charge in [0.2, 0.25) is 0 Å². The lowest BCUT2D eigenvalue weighted by Gasteiger charge is -2.30. The zero-order valence-corrected chi connectivity index (χ0v) is 18.4. The van der Waals surface area contributed by atoms with Crippen molar-refractivity contribution in [3.8, 4) is 0 Å². The molecule has 1 rings (SSSR count). The van der Waals surface area contributed by atoms with Crippen LogP contribution in [0.15, 0.2) is 30.3 Å². The number of quaternary nitrogens is 1. The Morgan fingerprint density at radius 3 is 1.85 bits per heavy atom. The van der Waals surface area contributed by atoms with Crippen molar-refractivity contribution in [1.82, 2.24) is 5.32 Å². The van der Waals surface area contributed by atoms with E-state index in [2.05, 4.69) is 60.0 Å². The third kappa shape index (κ3) is 13.5. The fraction of sp³-hybridized carbons (Fsp3) is 0.739. The van der Waals surface area contributed by atoms with Crippen molar-refractivity contribution in [1.29, 1.82) is 0 Å². The first-order valence-corrected chi connectivity index (χ1v) is 11.6. The topological polar surface area (TPSA) is 12.0 Å². The van der Waals surface area contributed by atoms with Gasteiger partial charge in [0.05, 0.1) is 20.6 Å². The highest BCUT2D eigenvalue weighted by molar-refractivity contribution is 6.08. The van der Waals surface area contributed by atoms with Crippen LogP contribution in [0.25, 0.3) is 0 Å². The van der Waals surface area contributed by atoms with Gasteiger partial charge in [0.15, 0.2) is 0 Å². The summed E-state index contributed by atoms with van der Waals surface area (Å²) in [5.74, 6) is 0. The van der Waals surface area contributed by atoms with Crippen LogP contribution in [0.4, 0.5) is 0 Å². The van der Waals surface area contributed by atoms with Crippen molar-refractivity contribution in [2.45, 2.75) is 76.8 Å². The van der Waals surface area contributed by atoms with Gasteiger partial charge in [-0.2, -0.15) is 0 Å². The average Bonchev–Trinajstić information content (AvgIpc) is 2.62. The fourth-order valence-corrected chi connectivity index (χ4v) is 3.70. The molecule has 0 bridgehead atoms. The molecule has 0 unspecified atom stereocenters. The van der Waals surface area contributed by atoms with Crippen molar-refractivity contribution < 1.29 is 4.48 Å². The maximum absolute atomic E-state index is 3.64. The van der Waals surface area contributed by atoms with Crippen LogP contribution in [-0.4, -0.2) is 48.5 Å². The summed E-state index contributed by atoms with van der Waals surface area (Å²) in [6.45, 7) is 4.59. The predicted octanol–water partition coefficient (Wildman–Crippen LogP) is 5.34. The Balaban J connectivity index is 1.87. The van der Waals surface area contributed by atoms with Crippen molar-refractivity contribution in [3.05, 3.63) is 35.9 Å². The van der Waals surface area contributed by atoms with E-state index in [0.29, 0.717) is 0 Å². The van der Waals surface area contributed by atoms with E-state index in [1.165, 1.54) is 82.9 Å². The van der Waals surface area contributed by atoms with Crippen LogP contribution < -0.4 is 5.32 Å². The van der Waals surface area contributed by atoms with Crippen LogP contribution in [0.2, 0.25) is 6.04 Å². The van der Waals surface area contributed by atoms with Crippen molar-refractivity contribution in [3.63, 3.8) is 0 Å². The lowest BCUT2D eigenvalue weighted by molar-refractivity contribution is -0.902. The summed E-state index contributed by atoms with van der Waals surface area (Å²) in [6, 6.07) is 12.0. The molecule has 26 heavy (non-hydrogen) atoms. The van der Waals surface area contributed by atoms with E-state index in [1.807, 2.05) is 0 Å². The normalized spacial score (nSPS) is 11.8. The molecule has 2 nitrogen and oxygen atoms in total. The van der Waals surface area contributed by atoms with Gasteiger partial charge in [0, 0.05) is 22.4 Å². The molecule has 0 aromatic heterocycles. The van der Waals surface area contributed by atoms with Gasteiger partial charge >= 0.3 is 0 Å². The zero-order valence-electron chi connectivity index (χ0n) is 17.4. The molecule has 0 aliphatic rings. The SMILES string of the molecule is C[N+](C)(CCNCCCCCCCCCCCC[Si])Cc1ccccc1. The Hall–Kier alpha value is -0.643. The number of likely N-dealkylation sites (N-methyl/N-ethyl adjacent to an activating group) is 1. The van der Waals surface area contributed by atoms with Crippen molar-refractivity contribution >= 4 is 10.2 Å². The Labute approximate surface area is 166 Å². The van der Waals surface area contributed by atoms with Crippen LogP contribution >= 0.6 is 0 Å². The second-order valence-electron chi connectivity index (χ2n) is 8.34. The number of nitrogens with zero attached hydrogens (tertiary/aromatic N) is 1. The van der Waals surface area contributed by atoms with Crippen LogP contribution in [0, 0.1) is 0 Å². The lowest BCUT2D eigenvalue weighted by Crippen LogP contribution is -2.43. The smallest absolute Gasteiger partial charge is 0.104 e. The minimum Gasteiger partial charge on any atom is -0.324 e. The Morgan fingerprint density at radius 2 is 1.27 bits per heavy atom. The number of nitrogens with one attached hydrogen (secondary N) is 1. The third-order valence-corrected chi connectivity index (χ3v) is 5.48. The molecule has 1 N–H and O–H groups in total. The second kappa shape index (κ2) is 15.4. The summed E-state index contributed by atoms with van der Waals surface area (Å²) in [5.41, 5.74) is 1.43. The molecular formula is C23H42N2Si+. The number of hydrogen-bond acceptors (Lipinski definition) is 1. The molecule has 147 valence electrons. The van der Waals surface area contributed by atoms with E-state index in [4.69, 9.17) is 0 Å². The van der Waals surface area contributed by atoms with Gasteiger partial charge in [-0.1, -0.05) is 94.2 Å². The fourth-order valence-electron chi connectivity index (χ4n) is 3.45. The molecule has 0 fully saturated rings. The monoisotopic (exact) mass is 374 g/mol. The van der Waals surface area contributed by atoms with Gasteiger partial charge in [-0.15, -0.1) is 0 Å². The van der Waals surface area contributed by atoms with E-state index in [0.717, 1.165) is 23.6 Å². The first kappa shape index (κ1) is 23.4. The number of rotatable bonds is 17. The maximum atomic E-state index is 3.64. The molecule has 0 aliphatic heterocycles. The summed E-state index contributed by atoms with van der Waals surface area (Å²) >= 11 is 0. The molecule has 3 heteroatoms. The first-order valence-electron chi connectivity index (χ1n) is 10.9. The molecule has 0 amide bonds. The molecule has 0 atom stereocenters. The van der Waals surface area contributed by atoms with Gasteiger partial charge in [-0.05, 0) is 13.0 Å². The lowest BCUT2D eigenvalue weighted by atomic mass is 10.1. The summed E-state index contributed by atoms with van der Waals surface area (Å²) in [7, 11) is 8.20.